The largest absolute Gasteiger partial charge is 0.369 e. The molecule has 0 spiro atoms. The maximum atomic E-state index is 15.4. The number of likely N-dealkylation sites (tertiary alicyclic amines) is 1. The number of hydrogen-bond donors (Lipinski definition) is 1. The molecule has 3 aliphatic rings. The lowest BCUT2D eigenvalue weighted by atomic mass is 9.98. The van der Waals surface area contributed by atoms with Crippen LogP contribution in [0.2, 0.25) is 0 Å². The number of benzene rings is 1. The standard InChI is InChI=1S/C31H40FN5O5S/c1-7-20-16-37(27-26(20)42-18-31(27,40-5)41-6)29(39)24(14-19(2)3)33-28(38)21-8-9-22(23(32)15-21)25-17-43-30(34-25)36-12-10-35(4)11-13-36/h1,8-9,15,17,19-20,24,26-27H,10-14,16,18H2,2-6H3,(H,33,38)/t20-,24+,26-,27?/m1/s1. The van der Waals surface area contributed by atoms with E-state index in [9.17, 15) is 9.59 Å². The molecule has 43 heavy (non-hydrogen) atoms. The summed E-state index contributed by atoms with van der Waals surface area (Å²) in [6.07, 6.45) is 5.71. The Morgan fingerprint density at radius 2 is 1.98 bits per heavy atom. The molecule has 0 saturated carbocycles. The molecule has 232 valence electrons. The van der Waals surface area contributed by atoms with Gasteiger partial charge in [0.05, 0.1) is 17.7 Å². The van der Waals surface area contributed by atoms with E-state index in [-0.39, 0.29) is 36.5 Å². The Bertz CT molecular complexity index is 1370. The van der Waals surface area contributed by atoms with Crippen LogP contribution in [0.3, 0.4) is 0 Å². The van der Waals surface area contributed by atoms with Gasteiger partial charge in [-0.05, 0) is 37.6 Å². The Kier molecular flexibility index (Phi) is 9.39. The number of methoxy groups -OCH3 is 2. The summed E-state index contributed by atoms with van der Waals surface area (Å²) in [5, 5.41) is 5.55. The number of amides is 2. The number of nitrogens with one attached hydrogen (secondary N) is 1. The van der Waals surface area contributed by atoms with Crippen molar-refractivity contribution < 1.29 is 28.2 Å². The van der Waals surface area contributed by atoms with Crippen LogP contribution >= 0.6 is 11.3 Å². The zero-order chi connectivity index (χ0) is 30.9. The number of carbonyl (C=O) groups is 2. The normalized spacial score (nSPS) is 24.2. The van der Waals surface area contributed by atoms with E-state index in [4.69, 9.17) is 20.6 Å². The zero-order valence-corrected chi connectivity index (χ0v) is 26.2. The highest BCUT2D eigenvalue weighted by Crippen LogP contribution is 2.41. The first-order valence-electron chi connectivity index (χ1n) is 14.6. The molecule has 4 atom stereocenters. The summed E-state index contributed by atoms with van der Waals surface area (Å²) >= 11 is 1.48. The van der Waals surface area contributed by atoms with Gasteiger partial charge in [-0.2, -0.15) is 0 Å². The molecule has 1 N–H and O–H groups in total. The molecule has 2 amide bonds. The van der Waals surface area contributed by atoms with Gasteiger partial charge in [0.25, 0.3) is 5.91 Å². The first kappa shape index (κ1) is 31.3. The van der Waals surface area contributed by atoms with E-state index in [0.717, 1.165) is 31.3 Å². The number of anilines is 1. The van der Waals surface area contributed by atoms with Gasteiger partial charge >= 0.3 is 0 Å². The van der Waals surface area contributed by atoms with Crippen molar-refractivity contribution >= 4 is 28.3 Å². The molecule has 1 aromatic heterocycles. The summed E-state index contributed by atoms with van der Waals surface area (Å²) in [7, 11) is 5.10. The molecule has 0 bridgehead atoms. The van der Waals surface area contributed by atoms with Crippen molar-refractivity contribution in [3.05, 3.63) is 35.0 Å². The van der Waals surface area contributed by atoms with Gasteiger partial charge in [-0.25, -0.2) is 9.37 Å². The van der Waals surface area contributed by atoms with Crippen LogP contribution in [0.4, 0.5) is 9.52 Å². The molecule has 3 aliphatic heterocycles. The maximum Gasteiger partial charge on any atom is 0.252 e. The minimum Gasteiger partial charge on any atom is -0.369 e. The van der Waals surface area contributed by atoms with E-state index in [1.807, 2.05) is 19.2 Å². The second kappa shape index (κ2) is 12.9. The van der Waals surface area contributed by atoms with Gasteiger partial charge in [0.1, 0.15) is 24.5 Å². The quantitative estimate of drug-likeness (QED) is 0.341. The van der Waals surface area contributed by atoms with Gasteiger partial charge in [0, 0.05) is 63.5 Å². The van der Waals surface area contributed by atoms with Crippen LogP contribution in [0.5, 0.6) is 0 Å². The number of thiazole rings is 1. The summed E-state index contributed by atoms with van der Waals surface area (Å²) in [6.45, 7) is 7.94. The topological polar surface area (TPSA) is 96.5 Å². The Morgan fingerprint density at radius 3 is 2.60 bits per heavy atom. The molecular weight excluding hydrogens is 573 g/mol. The number of terminal acetylenes is 1. The van der Waals surface area contributed by atoms with Gasteiger partial charge < -0.3 is 34.2 Å². The Labute approximate surface area is 256 Å². The monoisotopic (exact) mass is 613 g/mol. The highest BCUT2D eigenvalue weighted by Gasteiger charge is 2.61. The molecule has 0 aliphatic carbocycles. The highest BCUT2D eigenvalue weighted by atomic mass is 32.1. The summed E-state index contributed by atoms with van der Waals surface area (Å²) < 4.78 is 32.7. The lowest BCUT2D eigenvalue weighted by Crippen LogP contribution is -2.58. The molecule has 3 saturated heterocycles. The minimum atomic E-state index is -1.17. The third-order valence-electron chi connectivity index (χ3n) is 8.64. The van der Waals surface area contributed by atoms with Crippen molar-refractivity contribution in [2.75, 3.05) is 65.5 Å². The Hall–Kier alpha value is -3.08. The van der Waals surface area contributed by atoms with Crippen molar-refractivity contribution in [3.8, 4) is 23.6 Å². The molecule has 3 fully saturated rings. The number of rotatable bonds is 9. The number of piperazine rings is 1. The second-order valence-electron chi connectivity index (χ2n) is 11.9. The average Bonchev–Trinajstić information content (AvgIpc) is 3.72. The number of nitrogens with zero attached hydrogens (tertiary/aromatic N) is 4. The molecule has 10 nitrogen and oxygen atoms in total. The maximum absolute atomic E-state index is 15.4. The number of ether oxygens (including phenoxy) is 3. The predicted molar refractivity (Wildman–Crippen MR) is 162 cm³/mol. The summed E-state index contributed by atoms with van der Waals surface area (Å²) in [4.78, 5) is 38.2. The summed E-state index contributed by atoms with van der Waals surface area (Å²) in [5.74, 6) is -0.106. The van der Waals surface area contributed by atoms with E-state index in [0.29, 0.717) is 17.7 Å². The number of carbonyl (C=O) groups excluding carboxylic acids is 2. The van der Waals surface area contributed by atoms with E-state index < -0.39 is 35.7 Å². The van der Waals surface area contributed by atoms with E-state index in [1.165, 1.54) is 31.6 Å². The number of likely N-dealkylation sites (N-methyl/N-ethyl adjacent to an activating group) is 1. The van der Waals surface area contributed by atoms with Crippen LogP contribution in [-0.4, -0.2) is 111 Å². The van der Waals surface area contributed by atoms with Crippen LogP contribution in [0.25, 0.3) is 11.3 Å². The van der Waals surface area contributed by atoms with Crippen molar-refractivity contribution in [3.63, 3.8) is 0 Å². The van der Waals surface area contributed by atoms with Gasteiger partial charge in [-0.1, -0.05) is 19.8 Å². The van der Waals surface area contributed by atoms with E-state index >= 15 is 4.39 Å². The van der Waals surface area contributed by atoms with E-state index in [1.54, 1.807) is 17.0 Å². The molecule has 2 aromatic rings. The Balaban J connectivity index is 1.33. The van der Waals surface area contributed by atoms with Crippen LogP contribution in [0.1, 0.15) is 30.6 Å². The van der Waals surface area contributed by atoms with Gasteiger partial charge in [0.15, 0.2) is 5.13 Å². The Morgan fingerprint density at radius 1 is 1.26 bits per heavy atom. The number of fused-ring (bicyclic) bond motifs is 1. The summed E-state index contributed by atoms with van der Waals surface area (Å²) in [5.41, 5.74) is 0.968. The number of aromatic nitrogens is 1. The van der Waals surface area contributed by atoms with Crippen molar-refractivity contribution in [1.82, 2.24) is 20.1 Å². The predicted octanol–water partition coefficient (Wildman–Crippen LogP) is 2.69. The highest BCUT2D eigenvalue weighted by molar-refractivity contribution is 7.14. The van der Waals surface area contributed by atoms with Crippen LogP contribution in [0.15, 0.2) is 23.6 Å². The van der Waals surface area contributed by atoms with E-state index in [2.05, 4.69) is 33.1 Å². The molecule has 12 heteroatoms. The lowest BCUT2D eigenvalue weighted by Gasteiger charge is -2.37. The fourth-order valence-electron chi connectivity index (χ4n) is 6.17. The minimum absolute atomic E-state index is 0.0868. The van der Waals surface area contributed by atoms with Gasteiger partial charge in [-0.15, -0.1) is 17.8 Å². The smallest absolute Gasteiger partial charge is 0.252 e. The third-order valence-corrected chi connectivity index (χ3v) is 9.54. The first-order chi connectivity index (χ1) is 20.6. The molecular formula is C31H40FN5O5S. The van der Waals surface area contributed by atoms with Crippen LogP contribution in [-0.2, 0) is 19.0 Å². The SMILES string of the molecule is C#C[C@@H]1CN(C(=O)[C@H](CC(C)C)NC(=O)c2ccc(-c3csc(N4CCN(C)CC4)n3)c(F)c2)C2[C@@H]1OCC2(OC)OC. The molecule has 0 radical (unpaired) electrons. The zero-order valence-electron chi connectivity index (χ0n) is 25.3. The summed E-state index contributed by atoms with van der Waals surface area (Å²) in [6, 6.07) is 2.88. The first-order valence-corrected chi connectivity index (χ1v) is 15.5. The second-order valence-corrected chi connectivity index (χ2v) is 12.7. The number of hydrogen-bond acceptors (Lipinski definition) is 9. The van der Waals surface area contributed by atoms with Gasteiger partial charge in [0.2, 0.25) is 11.7 Å². The van der Waals surface area contributed by atoms with Gasteiger partial charge in [-0.3, -0.25) is 9.59 Å². The molecule has 1 unspecified atom stereocenters. The fourth-order valence-corrected chi connectivity index (χ4v) is 7.05. The molecule has 1 aromatic carbocycles. The fraction of sp³-hybridized carbons (Fsp3) is 0.581. The molecule has 5 rings (SSSR count). The van der Waals surface area contributed by atoms with Crippen molar-refractivity contribution in [2.45, 2.75) is 44.2 Å². The third kappa shape index (κ3) is 6.14. The molecule has 4 heterocycles. The lowest BCUT2D eigenvalue weighted by molar-refractivity contribution is -0.227. The number of halogens is 1. The van der Waals surface area contributed by atoms with Crippen molar-refractivity contribution in [1.29, 1.82) is 0 Å². The van der Waals surface area contributed by atoms with Crippen LogP contribution in [0, 0.1) is 30.0 Å². The van der Waals surface area contributed by atoms with Crippen LogP contribution < -0.4 is 10.2 Å². The van der Waals surface area contributed by atoms with Crippen molar-refractivity contribution in [2.24, 2.45) is 11.8 Å². The average molecular weight is 614 g/mol.